The number of methoxy groups -OCH3 is 1. The Hall–Kier alpha value is -3.91. The molecule has 0 aliphatic heterocycles. The first-order valence-corrected chi connectivity index (χ1v) is 14.0. The summed E-state index contributed by atoms with van der Waals surface area (Å²) < 4.78 is 5.30. The first kappa shape index (κ1) is 27.6. The van der Waals surface area contributed by atoms with Crippen molar-refractivity contribution < 1.29 is 19.4 Å². The number of nitrogens with one attached hydrogen (secondary N) is 1. The summed E-state index contributed by atoms with van der Waals surface area (Å²) in [6.07, 6.45) is 5.03. The fraction of sp³-hybridized carbons (Fsp3) is 0.129. The molecule has 0 bridgehead atoms. The molecule has 2 unspecified atom stereocenters. The summed E-state index contributed by atoms with van der Waals surface area (Å²) in [4.78, 5) is 31.3. The molecule has 1 aromatic heterocycles. The van der Waals surface area contributed by atoms with Gasteiger partial charge in [0.1, 0.15) is 16.2 Å². The van der Waals surface area contributed by atoms with Crippen molar-refractivity contribution in [2.24, 2.45) is 0 Å². The number of aliphatic carboxylic acids is 1. The molecular weight excluding hydrogens is 567 g/mol. The quantitative estimate of drug-likeness (QED) is 0.215. The summed E-state index contributed by atoms with van der Waals surface area (Å²) >= 11 is 13.6. The van der Waals surface area contributed by atoms with Gasteiger partial charge in [-0.1, -0.05) is 83.9 Å². The maximum Gasteiger partial charge on any atom is 0.332 e. The summed E-state index contributed by atoms with van der Waals surface area (Å²) in [6, 6.07) is 21.9. The van der Waals surface area contributed by atoms with E-state index in [2.05, 4.69) is 5.32 Å². The molecule has 0 spiro atoms. The van der Waals surface area contributed by atoms with Crippen molar-refractivity contribution in [1.29, 1.82) is 0 Å². The standard InChI is InChI=1S/C31H24Cl2N2O4S/c1-39-22-9-5-6-19(14-22)17-34-29(38)31(30-35-27(18-40-30)21-10-11-25(32)26(33)15-21)13-12-23(24(16-31)28(36)37)20-7-3-2-4-8-20/h2-16,18,23H,17H2,1H3,(H,34,38)(H,36,37). The number of rotatable bonds is 8. The highest BCUT2D eigenvalue weighted by Gasteiger charge is 2.43. The van der Waals surface area contributed by atoms with Crippen LogP contribution in [-0.2, 0) is 21.5 Å². The summed E-state index contributed by atoms with van der Waals surface area (Å²) in [7, 11) is 1.58. The number of carbonyl (C=O) groups excluding carboxylic acids is 1. The van der Waals surface area contributed by atoms with E-state index in [-0.39, 0.29) is 12.1 Å². The monoisotopic (exact) mass is 590 g/mol. The van der Waals surface area contributed by atoms with Crippen molar-refractivity contribution in [3.8, 4) is 17.0 Å². The van der Waals surface area contributed by atoms with Crippen LogP contribution in [-0.4, -0.2) is 29.1 Å². The van der Waals surface area contributed by atoms with E-state index >= 15 is 0 Å². The van der Waals surface area contributed by atoms with Gasteiger partial charge in [0.15, 0.2) is 0 Å². The number of thiazole rings is 1. The van der Waals surface area contributed by atoms with Crippen LogP contribution in [0.2, 0.25) is 10.0 Å². The highest BCUT2D eigenvalue weighted by Crippen LogP contribution is 2.42. The fourth-order valence-electron chi connectivity index (χ4n) is 4.61. The fourth-order valence-corrected chi connectivity index (χ4v) is 5.89. The molecule has 0 fully saturated rings. The van der Waals surface area contributed by atoms with Crippen LogP contribution in [0.5, 0.6) is 5.75 Å². The first-order chi connectivity index (χ1) is 19.3. The average molecular weight is 592 g/mol. The number of halogens is 2. The zero-order valence-corrected chi connectivity index (χ0v) is 23.6. The van der Waals surface area contributed by atoms with E-state index < -0.39 is 23.2 Å². The van der Waals surface area contributed by atoms with Gasteiger partial charge >= 0.3 is 5.97 Å². The van der Waals surface area contributed by atoms with E-state index in [1.165, 1.54) is 17.4 Å². The average Bonchev–Trinajstić information content (AvgIpc) is 3.48. The molecule has 9 heteroatoms. The van der Waals surface area contributed by atoms with Crippen molar-refractivity contribution in [3.05, 3.63) is 128 Å². The van der Waals surface area contributed by atoms with Crippen LogP contribution in [0.4, 0.5) is 0 Å². The maximum atomic E-state index is 14.0. The van der Waals surface area contributed by atoms with E-state index in [4.69, 9.17) is 32.9 Å². The molecular formula is C31H24Cl2N2O4S. The SMILES string of the molecule is COc1cccc(CNC(=O)C2(c3nc(-c4ccc(Cl)c(Cl)c4)cs3)C=CC(c3ccccc3)C(C(=O)O)=C2)c1. The molecule has 3 aromatic carbocycles. The lowest BCUT2D eigenvalue weighted by Gasteiger charge is -2.30. The Kier molecular flexibility index (Phi) is 8.07. The summed E-state index contributed by atoms with van der Waals surface area (Å²) in [5.41, 5.74) is 1.63. The minimum atomic E-state index is -1.45. The first-order valence-electron chi connectivity index (χ1n) is 12.3. The molecule has 1 aliphatic rings. The number of hydrogen-bond acceptors (Lipinski definition) is 5. The Morgan fingerprint density at radius 3 is 2.58 bits per heavy atom. The van der Waals surface area contributed by atoms with Crippen LogP contribution < -0.4 is 10.1 Å². The van der Waals surface area contributed by atoms with Gasteiger partial charge in [-0.3, -0.25) is 4.79 Å². The van der Waals surface area contributed by atoms with E-state index in [1.54, 1.807) is 37.5 Å². The molecule has 4 aromatic rings. The van der Waals surface area contributed by atoms with E-state index in [0.29, 0.717) is 26.5 Å². The van der Waals surface area contributed by atoms with Gasteiger partial charge in [-0.25, -0.2) is 9.78 Å². The number of aromatic nitrogens is 1. The predicted molar refractivity (Wildman–Crippen MR) is 158 cm³/mol. The molecule has 40 heavy (non-hydrogen) atoms. The number of allylic oxidation sites excluding steroid dienone is 1. The van der Waals surface area contributed by atoms with E-state index in [0.717, 1.165) is 16.7 Å². The Morgan fingerprint density at radius 1 is 1.05 bits per heavy atom. The number of ether oxygens (including phenoxy) is 1. The van der Waals surface area contributed by atoms with Gasteiger partial charge in [0.05, 0.1) is 22.8 Å². The van der Waals surface area contributed by atoms with Crippen LogP contribution in [0.25, 0.3) is 11.3 Å². The number of amides is 1. The highest BCUT2D eigenvalue weighted by molar-refractivity contribution is 7.10. The Labute approximate surface area is 245 Å². The van der Waals surface area contributed by atoms with Crippen LogP contribution in [0.3, 0.4) is 0 Å². The summed E-state index contributed by atoms with van der Waals surface area (Å²) in [5.74, 6) is -1.35. The number of carboxylic acid groups (broad SMARTS) is 1. The van der Waals surface area contributed by atoms with Crippen molar-refractivity contribution in [1.82, 2.24) is 10.3 Å². The summed E-state index contributed by atoms with van der Waals surface area (Å²) in [5, 5.41) is 16.3. The third-order valence-electron chi connectivity index (χ3n) is 6.71. The van der Waals surface area contributed by atoms with Gasteiger partial charge in [0.25, 0.3) is 0 Å². The lowest BCUT2D eigenvalue weighted by atomic mass is 9.75. The number of carbonyl (C=O) groups is 2. The third-order valence-corrected chi connectivity index (χ3v) is 8.44. The molecule has 1 heterocycles. The minimum Gasteiger partial charge on any atom is -0.497 e. The maximum absolute atomic E-state index is 14.0. The molecule has 1 amide bonds. The summed E-state index contributed by atoms with van der Waals surface area (Å²) in [6.45, 7) is 0.217. The number of benzene rings is 3. The van der Waals surface area contributed by atoms with Crippen LogP contribution in [0, 0.1) is 0 Å². The second-order valence-corrected chi connectivity index (χ2v) is 10.9. The minimum absolute atomic E-state index is 0.0940. The van der Waals surface area contributed by atoms with Gasteiger partial charge < -0.3 is 15.2 Å². The van der Waals surface area contributed by atoms with Crippen LogP contribution >= 0.6 is 34.5 Å². The van der Waals surface area contributed by atoms with Gasteiger partial charge in [-0.05, 0) is 41.5 Å². The zero-order valence-electron chi connectivity index (χ0n) is 21.3. The molecule has 2 atom stereocenters. The normalized spacial score (nSPS) is 18.2. The van der Waals surface area contributed by atoms with E-state index in [9.17, 15) is 14.7 Å². The Balaban J connectivity index is 1.57. The van der Waals surface area contributed by atoms with Gasteiger partial charge in [-0.2, -0.15) is 0 Å². The Bertz CT molecular complexity index is 1630. The lowest BCUT2D eigenvalue weighted by molar-refractivity contribution is -0.132. The molecule has 2 N–H and O–H groups in total. The molecule has 1 aliphatic carbocycles. The van der Waals surface area contributed by atoms with Crippen molar-refractivity contribution >= 4 is 46.4 Å². The van der Waals surface area contributed by atoms with E-state index in [1.807, 2.05) is 60.0 Å². The van der Waals surface area contributed by atoms with Gasteiger partial charge in [0, 0.05) is 29.0 Å². The van der Waals surface area contributed by atoms with Crippen molar-refractivity contribution in [2.75, 3.05) is 7.11 Å². The van der Waals surface area contributed by atoms with Crippen LogP contribution in [0.1, 0.15) is 22.1 Å². The molecule has 202 valence electrons. The second kappa shape index (κ2) is 11.7. The molecule has 6 nitrogen and oxygen atoms in total. The van der Waals surface area contributed by atoms with Crippen molar-refractivity contribution in [3.63, 3.8) is 0 Å². The topological polar surface area (TPSA) is 88.5 Å². The third kappa shape index (κ3) is 5.54. The molecule has 5 rings (SSSR count). The number of nitrogens with zero attached hydrogens (tertiary/aromatic N) is 1. The number of carboxylic acids is 1. The van der Waals surface area contributed by atoms with Crippen molar-refractivity contribution in [2.45, 2.75) is 17.9 Å². The van der Waals surface area contributed by atoms with Crippen LogP contribution in [0.15, 0.2) is 102 Å². The zero-order chi connectivity index (χ0) is 28.3. The molecule has 0 radical (unpaired) electrons. The molecule has 0 saturated carbocycles. The highest BCUT2D eigenvalue weighted by atomic mass is 35.5. The predicted octanol–water partition coefficient (Wildman–Crippen LogP) is 7.04. The Morgan fingerprint density at radius 2 is 1.85 bits per heavy atom. The smallest absolute Gasteiger partial charge is 0.332 e. The molecule has 0 saturated heterocycles. The van der Waals surface area contributed by atoms with Gasteiger partial charge in [0.2, 0.25) is 5.91 Å². The second-order valence-electron chi connectivity index (χ2n) is 9.22. The largest absolute Gasteiger partial charge is 0.497 e. The van der Waals surface area contributed by atoms with Gasteiger partial charge in [-0.15, -0.1) is 11.3 Å². The number of hydrogen-bond donors (Lipinski definition) is 2. The lowest BCUT2D eigenvalue weighted by Crippen LogP contribution is -2.43.